The molecule has 1 aromatic heterocycles. The van der Waals surface area contributed by atoms with Gasteiger partial charge in [0.2, 0.25) is 5.91 Å². The Labute approximate surface area is 163 Å². The molecule has 2 N–H and O–H groups in total. The van der Waals surface area contributed by atoms with E-state index in [2.05, 4.69) is 10.3 Å². The predicted octanol–water partition coefficient (Wildman–Crippen LogP) is 0.707. The van der Waals surface area contributed by atoms with E-state index in [4.69, 9.17) is 14.2 Å². The number of hydrogen-bond acceptors (Lipinski definition) is 7. The van der Waals surface area contributed by atoms with Crippen molar-refractivity contribution < 1.29 is 24.1 Å². The van der Waals surface area contributed by atoms with Gasteiger partial charge in [-0.2, -0.15) is 0 Å². The largest absolute Gasteiger partial charge is 0.493 e. The van der Waals surface area contributed by atoms with Crippen molar-refractivity contribution in [1.29, 1.82) is 0 Å². The molecule has 1 heterocycles. The van der Waals surface area contributed by atoms with Gasteiger partial charge in [-0.3, -0.25) is 14.2 Å². The predicted molar refractivity (Wildman–Crippen MR) is 104 cm³/mol. The van der Waals surface area contributed by atoms with Crippen LogP contribution in [0.3, 0.4) is 0 Å². The van der Waals surface area contributed by atoms with Gasteiger partial charge < -0.3 is 24.6 Å². The maximum absolute atomic E-state index is 12.7. The Morgan fingerprint density at radius 3 is 2.57 bits per heavy atom. The summed E-state index contributed by atoms with van der Waals surface area (Å²) >= 11 is 0. The zero-order valence-corrected chi connectivity index (χ0v) is 16.7. The van der Waals surface area contributed by atoms with Gasteiger partial charge in [-0.1, -0.05) is 0 Å². The first-order valence-corrected chi connectivity index (χ1v) is 8.90. The third-order valence-corrected chi connectivity index (χ3v) is 4.25. The SMILES string of the molecule is COC[C@](C)(O)CNC(=O)CCCn1cnc2cc(OC)c(OC)cc2c1=O. The van der Waals surface area contributed by atoms with Crippen LogP contribution < -0.4 is 20.3 Å². The summed E-state index contributed by atoms with van der Waals surface area (Å²) in [5, 5.41) is 13.1. The highest BCUT2D eigenvalue weighted by molar-refractivity contribution is 5.81. The lowest BCUT2D eigenvalue weighted by atomic mass is 10.1. The Balaban J connectivity index is 2.00. The van der Waals surface area contributed by atoms with Crippen LogP contribution in [0.2, 0.25) is 0 Å². The first-order valence-electron chi connectivity index (χ1n) is 8.90. The summed E-state index contributed by atoms with van der Waals surface area (Å²) in [7, 11) is 4.50. The van der Waals surface area contributed by atoms with Crippen molar-refractivity contribution in [2.45, 2.75) is 31.9 Å². The Morgan fingerprint density at radius 1 is 1.25 bits per heavy atom. The molecular weight excluding hydrogens is 366 g/mol. The van der Waals surface area contributed by atoms with Gasteiger partial charge in [0.05, 0.1) is 38.1 Å². The standard InChI is InChI=1S/C19H27N3O6/c1-19(25,11-26-2)10-20-17(23)6-5-7-22-12-21-14-9-16(28-4)15(27-3)8-13(14)18(22)24/h8-9,12,25H,5-7,10-11H2,1-4H3,(H,20,23)/t19-/m1/s1. The first kappa shape index (κ1) is 21.6. The average molecular weight is 393 g/mol. The minimum absolute atomic E-state index is 0.0960. The molecule has 0 aliphatic heterocycles. The summed E-state index contributed by atoms with van der Waals surface area (Å²) in [6.07, 6.45) is 2.13. The molecule has 0 saturated heterocycles. The van der Waals surface area contributed by atoms with Gasteiger partial charge in [0.15, 0.2) is 11.5 Å². The molecule has 2 aromatic rings. The number of amides is 1. The van der Waals surface area contributed by atoms with E-state index in [1.807, 2.05) is 0 Å². The molecule has 1 amide bonds. The van der Waals surface area contributed by atoms with Gasteiger partial charge in [-0.05, 0) is 19.4 Å². The number of hydrogen-bond donors (Lipinski definition) is 2. The van der Waals surface area contributed by atoms with Crippen LogP contribution in [0, 0.1) is 0 Å². The van der Waals surface area contributed by atoms with Crippen molar-refractivity contribution in [3.8, 4) is 11.5 Å². The number of aromatic nitrogens is 2. The van der Waals surface area contributed by atoms with Crippen LogP contribution in [-0.4, -0.2) is 60.6 Å². The monoisotopic (exact) mass is 393 g/mol. The summed E-state index contributed by atoms with van der Waals surface area (Å²) in [5.41, 5.74) is -0.824. The number of ether oxygens (including phenoxy) is 3. The molecule has 0 radical (unpaired) electrons. The fourth-order valence-electron chi connectivity index (χ4n) is 2.79. The van der Waals surface area contributed by atoms with Crippen molar-refractivity contribution in [3.05, 3.63) is 28.8 Å². The van der Waals surface area contributed by atoms with E-state index in [1.165, 1.54) is 32.2 Å². The second kappa shape index (κ2) is 9.52. The number of carbonyl (C=O) groups excluding carboxylic acids is 1. The number of benzene rings is 1. The zero-order chi connectivity index (χ0) is 20.7. The molecule has 28 heavy (non-hydrogen) atoms. The molecule has 9 nitrogen and oxygen atoms in total. The minimum Gasteiger partial charge on any atom is -0.493 e. The lowest BCUT2D eigenvalue weighted by molar-refractivity contribution is -0.122. The molecule has 154 valence electrons. The average Bonchev–Trinajstić information content (AvgIpc) is 2.67. The number of aryl methyl sites for hydroxylation is 1. The second-order valence-corrected chi connectivity index (χ2v) is 6.78. The van der Waals surface area contributed by atoms with Gasteiger partial charge in [-0.25, -0.2) is 4.98 Å². The van der Waals surface area contributed by atoms with Crippen molar-refractivity contribution in [3.63, 3.8) is 0 Å². The quantitative estimate of drug-likeness (QED) is 0.611. The van der Waals surface area contributed by atoms with Crippen LogP contribution in [-0.2, 0) is 16.1 Å². The second-order valence-electron chi connectivity index (χ2n) is 6.78. The zero-order valence-electron chi connectivity index (χ0n) is 16.7. The van der Waals surface area contributed by atoms with E-state index < -0.39 is 5.60 Å². The van der Waals surface area contributed by atoms with Crippen LogP contribution in [0.15, 0.2) is 23.3 Å². The summed E-state index contributed by atoms with van der Waals surface area (Å²) in [6.45, 7) is 2.15. The van der Waals surface area contributed by atoms with Gasteiger partial charge >= 0.3 is 0 Å². The molecule has 9 heteroatoms. The summed E-state index contributed by atoms with van der Waals surface area (Å²) in [6, 6.07) is 3.25. The maximum atomic E-state index is 12.7. The van der Waals surface area contributed by atoms with Gasteiger partial charge in [0, 0.05) is 32.7 Å². The molecule has 0 aliphatic rings. The molecule has 0 bridgehead atoms. The van der Waals surface area contributed by atoms with Crippen molar-refractivity contribution in [1.82, 2.24) is 14.9 Å². The molecule has 0 fully saturated rings. The molecule has 0 unspecified atom stereocenters. The Bertz CT molecular complexity index is 878. The molecule has 0 aliphatic carbocycles. The van der Waals surface area contributed by atoms with Crippen LogP contribution in [0.4, 0.5) is 0 Å². The van der Waals surface area contributed by atoms with Gasteiger partial charge in [0.25, 0.3) is 5.56 Å². The fourth-order valence-corrected chi connectivity index (χ4v) is 2.79. The molecule has 2 rings (SSSR count). The van der Waals surface area contributed by atoms with Gasteiger partial charge in [-0.15, -0.1) is 0 Å². The fraction of sp³-hybridized carbons (Fsp3) is 0.526. The van der Waals surface area contributed by atoms with E-state index in [0.29, 0.717) is 35.4 Å². The number of rotatable bonds is 10. The molecule has 0 saturated carbocycles. The van der Waals surface area contributed by atoms with E-state index in [9.17, 15) is 14.7 Å². The van der Waals surface area contributed by atoms with Crippen LogP contribution in [0.25, 0.3) is 10.9 Å². The molecule has 0 spiro atoms. The molecule has 1 aromatic carbocycles. The van der Waals surface area contributed by atoms with E-state index in [1.54, 1.807) is 19.1 Å². The van der Waals surface area contributed by atoms with Crippen LogP contribution in [0.1, 0.15) is 19.8 Å². The van der Waals surface area contributed by atoms with Gasteiger partial charge in [0.1, 0.15) is 5.60 Å². The number of nitrogens with zero attached hydrogens (tertiary/aromatic N) is 2. The maximum Gasteiger partial charge on any atom is 0.261 e. The minimum atomic E-state index is -1.12. The van der Waals surface area contributed by atoms with E-state index in [0.717, 1.165) is 0 Å². The Morgan fingerprint density at radius 2 is 1.93 bits per heavy atom. The highest BCUT2D eigenvalue weighted by Gasteiger charge is 2.20. The van der Waals surface area contributed by atoms with E-state index >= 15 is 0 Å². The van der Waals surface area contributed by atoms with Crippen molar-refractivity contribution in [2.75, 3.05) is 34.5 Å². The number of carbonyl (C=O) groups is 1. The van der Waals surface area contributed by atoms with Crippen LogP contribution in [0.5, 0.6) is 11.5 Å². The molecule has 1 atom stereocenters. The van der Waals surface area contributed by atoms with E-state index in [-0.39, 0.29) is 31.0 Å². The summed E-state index contributed by atoms with van der Waals surface area (Å²) in [5.74, 6) is 0.749. The summed E-state index contributed by atoms with van der Waals surface area (Å²) < 4.78 is 16.8. The van der Waals surface area contributed by atoms with Crippen molar-refractivity contribution in [2.24, 2.45) is 0 Å². The number of fused-ring (bicyclic) bond motifs is 1. The number of aliphatic hydroxyl groups is 1. The normalized spacial score (nSPS) is 13.2. The van der Waals surface area contributed by atoms with Crippen LogP contribution >= 0.6 is 0 Å². The molecular formula is C19H27N3O6. The Kier molecular flexibility index (Phi) is 7.36. The third kappa shape index (κ3) is 5.43. The smallest absolute Gasteiger partial charge is 0.261 e. The number of methoxy groups -OCH3 is 3. The highest BCUT2D eigenvalue weighted by atomic mass is 16.5. The lowest BCUT2D eigenvalue weighted by Crippen LogP contribution is -2.43. The lowest BCUT2D eigenvalue weighted by Gasteiger charge is -2.22. The Hall–Kier alpha value is -2.65. The third-order valence-electron chi connectivity index (χ3n) is 4.25. The number of nitrogens with one attached hydrogen (secondary N) is 1. The topological polar surface area (TPSA) is 112 Å². The van der Waals surface area contributed by atoms with Crippen molar-refractivity contribution >= 4 is 16.8 Å². The summed E-state index contributed by atoms with van der Waals surface area (Å²) in [4.78, 5) is 28.9. The first-order chi connectivity index (χ1) is 13.3. The highest BCUT2D eigenvalue weighted by Crippen LogP contribution is 2.29.